The Labute approximate surface area is 141 Å². The molecule has 0 bridgehead atoms. The number of nitrogens with one attached hydrogen (secondary N) is 1. The Balaban J connectivity index is 2.26. The van der Waals surface area contributed by atoms with Gasteiger partial charge in [-0.05, 0) is 31.2 Å². The average Bonchev–Trinajstić information content (AvgIpc) is 2.55. The number of hydrogen-bond acceptors (Lipinski definition) is 4. The summed E-state index contributed by atoms with van der Waals surface area (Å²) in [4.78, 5) is 23.8. The zero-order valence-electron chi connectivity index (χ0n) is 13.6. The number of carbonyl (C=O) groups is 2. The fourth-order valence-corrected chi connectivity index (χ4v) is 2.98. The van der Waals surface area contributed by atoms with E-state index >= 15 is 0 Å². The van der Waals surface area contributed by atoms with Crippen LogP contribution in [0.1, 0.15) is 27.6 Å². The molecule has 1 unspecified atom stereocenters. The number of nitrogens with zero attached hydrogens (tertiary/aromatic N) is 1. The molecule has 0 heterocycles. The van der Waals surface area contributed by atoms with Gasteiger partial charge in [0.05, 0.1) is 0 Å². The van der Waals surface area contributed by atoms with Crippen molar-refractivity contribution in [1.82, 2.24) is 4.31 Å². The van der Waals surface area contributed by atoms with Crippen molar-refractivity contribution in [3.8, 4) is 0 Å². The van der Waals surface area contributed by atoms with Crippen molar-refractivity contribution in [2.45, 2.75) is 11.8 Å². The van der Waals surface area contributed by atoms with Gasteiger partial charge in [-0.2, -0.15) is 0 Å². The molecule has 24 heavy (non-hydrogen) atoms. The van der Waals surface area contributed by atoms with E-state index in [0.717, 1.165) is 4.31 Å². The molecular weight excluding hydrogens is 328 g/mol. The van der Waals surface area contributed by atoms with Crippen LogP contribution in [0.2, 0.25) is 0 Å². The third-order valence-electron chi connectivity index (χ3n) is 3.40. The van der Waals surface area contributed by atoms with E-state index in [1.165, 1.54) is 39.2 Å². The number of carbonyl (C=O) groups excluding carboxylic acids is 2. The van der Waals surface area contributed by atoms with Gasteiger partial charge in [-0.1, -0.05) is 22.4 Å². The molecule has 126 valence electrons. The number of sulfonamides is 1. The monoisotopic (exact) mass is 346 g/mol. The molecule has 1 amide bonds. The highest BCUT2D eigenvalue weighted by molar-refractivity contribution is 7.95. The summed E-state index contributed by atoms with van der Waals surface area (Å²) in [5.41, 5.74) is 1.12. The highest BCUT2D eigenvalue weighted by Crippen LogP contribution is 2.22. The molecule has 0 aromatic heterocycles. The lowest BCUT2D eigenvalue weighted by atomic mass is 10.1. The third kappa shape index (κ3) is 3.94. The lowest BCUT2D eigenvalue weighted by Gasteiger charge is -2.20. The van der Waals surface area contributed by atoms with E-state index in [9.17, 15) is 18.4 Å². The van der Waals surface area contributed by atoms with Gasteiger partial charge in [0, 0.05) is 37.0 Å². The number of rotatable bonds is 5. The number of hydrogen-bond donors (Lipinski definition) is 1. The van der Waals surface area contributed by atoms with Crippen molar-refractivity contribution in [1.29, 1.82) is 0 Å². The Morgan fingerprint density at radius 3 is 2.29 bits per heavy atom. The molecule has 0 radical (unpaired) electrons. The van der Waals surface area contributed by atoms with Crippen molar-refractivity contribution in [2.75, 3.05) is 19.4 Å². The first-order valence-electron chi connectivity index (χ1n) is 7.17. The van der Waals surface area contributed by atoms with E-state index in [1.54, 1.807) is 30.3 Å². The SMILES string of the molecule is CC(=O)c1cccc(C(=O)Nc2cccc([S+](=O)([O-])N(C)C)c2)c1. The summed E-state index contributed by atoms with van der Waals surface area (Å²) in [5.74, 6) is -0.554. The topological polar surface area (TPSA) is 89.5 Å². The maximum atomic E-state index is 12.3. The number of benzene rings is 2. The Bertz CT molecular complexity index is 833. The lowest BCUT2D eigenvalue weighted by molar-refractivity contribution is 0.101. The molecule has 2 rings (SSSR count). The van der Waals surface area contributed by atoms with Gasteiger partial charge in [0.1, 0.15) is 0 Å². The molecule has 0 saturated heterocycles. The third-order valence-corrected chi connectivity index (χ3v) is 5.21. The number of anilines is 1. The van der Waals surface area contributed by atoms with Crippen molar-refractivity contribution in [3.63, 3.8) is 0 Å². The fourth-order valence-electron chi connectivity index (χ4n) is 2.03. The summed E-state index contributed by atoms with van der Waals surface area (Å²) >= 11 is 0. The van der Waals surface area contributed by atoms with Crippen molar-refractivity contribution >= 4 is 27.8 Å². The van der Waals surface area contributed by atoms with E-state index in [0.29, 0.717) is 16.8 Å². The molecule has 2 aromatic rings. The summed E-state index contributed by atoms with van der Waals surface area (Å²) in [7, 11) is -0.704. The second-order valence-electron chi connectivity index (χ2n) is 5.41. The zero-order chi connectivity index (χ0) is 17.9. The van der Waals surface area contributed by atoms with Gasteiger partial charge in [-0.15, -0.1) is 4.31 Å². The second kappa shape index (κ2) is 7.04. The minimum atomic E-state index is -3.58. The van der Waals surface area contributed by atoms with E-state index in [4.69, 9.17) is 0 Å². The van der Waals surface area contributed by atoms with Crippen LogP contribution in [-0.2, 0) is 14.6 Å². The van der Waals surface area contributed by atoms with E-state index in [1.807, 2.05) is 0 Å². The van der Waals surface area contributed by atoms with Crippen LogP contribution in [0.3, 0.4) is 0 Å². The number of Topliss-reactive ketones (excluding diaryl/α,β-unsaturated/α-hetero) is 1. The first-order valence-corrected chi connectivity index (χ1v) is 8.61. The quantitative estimate of drug-likeness (QED) is 0.666. The van der Waals surface area contributed by atoms with E-state index in [-0.39, 0.29) is 10.7 Å². The van der Waals surface area contributed by atoms with Crippen LogP contribution in [0.5, 0.6) is 0 Å². The minimum Gasteiger partial charge on any atom is -0.593 e. The lowest BCUT2D eigenvalue weighted by Crippen LogP contribution is -2.29. The highest BCUT2D eigenvalue weighted by atomic mass is 32.3. The van der Waals surface area contributed by atoms with Gasteiger partial charge in [0.15, 0.2) is 21.1 Å². The standard InChI is InChI=1S/C17H18N2O4S/c1-12(20)13-6-4-7-14(10-13)17(21)18-15-8-5-9-16(11-15)24(22,23)19(2)3/h4-11H,1-3H3,(H-,18,21,22,23). The first kappa shape index (κ1) is 18.0. The molecule has 0 aliphatic rings. The van der Waals surface area contributed by atoms with Crippen molar-refractivity contribution in [3.05, 3.63) is 59.7 Å². The molecule has 2 aromatic carbocycles. The molecule has 0 spiro atoms. The fraction of sp³-hybridized carbons (Fsp3) is 0.176. The summed E-state index contributed by atoms with van der Waals surface area (Å²) in [6, 6.07) is 12.3. The molecule has 7 heteroatoms. The zero-order valence-corrected chi connectivity index (χ0v) is 14.4. The molecule has 0 aliphatic carbocycles. The van der Waals surface area contributed by atoms with Crippen LogP contribution < -0.4 is 5.32 Å². The van der Waals surface area contributed by atoms with Crippen molar-refractivity contribution in [2.24, 2.45) is 0 Å². The maximum absolute atomic E-state index is 12.3. The largest absolute Gasteiger partial charge is 0.593 e. The van der Waals surface area contributed by atoms with Gasteiger partial charge in [0.2, 0.25) is 0 Å². The van der Waals surface area contributed by atoms with Crippen LogP contribution in [-0.4, -0.2) is 34.6 Å². The molecule has 1 N–H and O–H groups in total. The average molecular weight is 346 g/mol. The Hall–Kier alpha value is -2.35. The first-order chi connectivity index (χ1) is 11.2. The van der Waals surface area contributed by atoms with Crippen LogP contribution in [0.4, 0.5) is 5.69 Å². The Morgan fingerprint density at radius 2 is 1.67 bits per heavy atom. The predicted molar refractivity (Wildman–Crippen MR) is 91.6 cm³/mol. The van der Waals surface area contributed by atoms with Crippen LogP contribution in [0, 0.1) is 0 Å². The van der Waals surface area contributed by atoms with Crippen LogP contribution in [0.25, 0.3) is 0 Å². The minimum absolute atomic E-state index is 0.0859. The van der Waals surface area contributed by atoms with E-state index < -0.39 is 16.3 Å². The molecule has 0 saturated carbocycles. The summed E-state index contributed by atoms with van der Waals surface area (Å²) < 4.78 is 25.4. The van der Waals surface area contributed by atoms with Gasteiger partial charge >= 0.3 is 0 Å². The van der Waals surface area contributed by atoms with Gasteiger partial charge < -0.3 is 9.87 Å². The van der Waals surface area contributed by atoms with Gasteiger partial charge in [0.25, 0.3) is 5.91 Å². The Morgan fingerprint density at radius 1 is 1.04 bits per heavy atom. The summed E-state index contributed by atoms with van der Waals surface area (Å²) in [5, 5.41) is 2.64. The predicted octanol–water partition coefficient (Wildman–Crippen LogP) is 2.61. The Kier molecular flexibility index (Phi) is 5.28. The summed E-state index contributed by atoms with van der Waals surface area (Å²) in [6.07, 6.45) is 0. The van der Waals surface area contributed by atoms with Crippen molar-refractivity contribution < 1.29 is 18.4 Å². The van der Waals surface area contributed by atoms with Gasteiger partial charge in [-0.3, -0.25) is 9.59 Å². The molecule has 6 nitrogen and oxygen atoms in total. The normalized spacial score (nSPS) is 13.4. The maximum Gasteiger partial charge on any atom is 0.255 e. The molecule has 1 atom stereocenters. The number of amides is 1. The molecule has 0 aliphatic heterocycles. The highest BCUT2D eigenvalue weighted by Gasteiger charge is 2.23. The van der Waals surface area contributed by atoms with Gasteiger partial charge in [-0.25, -0.2) is 0 Å². The molecule has 0 fully saturated rings. The van der Waals surface area contributed by atoms with E-state index in [2.05, 4.69) is 5.32 Å². The smallest absolute Gasteiger partial charge is 0.255 e. The molecular formula is C17H18N2O4S. The van der Waals surface area contributed by atoms with Crippen LogP contribution in [0.15, 0.2) is 53.4 Å². The summed E-state index contributed by atoms with van der Waals surface area (Å²) in [6.45, 7) is 1.42. The second-order valence-corrected chi connectivity index (χ2v) is 7.56. The van der Waals surface area contributed by atoms with Crippen LogP contribution >= 0.6 is 0 Å². The number of ketones is 1.